The van der Waals surface area contributed by atoms with Crippen molar-refractivity contribution in [1.29, 1.82) is 0 Å². The monoisotopic (exact) mass is 603 g/mol. The SMILES string of the molecule is COc1cccc([C@@H]2C(C(=O)OC(C)C)=C(C)N=c3s/c(=C\c4ccc(Sc5ncccn5)c([N+](=O)[O-])c4)c(=O)n32)c1. The molecule has 13 heteroatoms. The highest BCUT2D eigenvalue weighted by atomic mass is 32.2. The Morgan fingerprint density at radius 1 is 1.17 bits per heavy atom. The summed E-state index contributed by atoms with van der Waals surface area (Å²) in [5.74, 6) is -0.00788. The van der Waals surface area contributed by atoms with E-state index in [9.17, 15) is 19.7 Å². The van der Waals surface area contributed by atoms with Crippen molar-refractivity contribution in [2.75, 3.05) is 7.11 Å². The third kappa shape index (κ3) is 5.87. The van der Waals surface area contributed by atoms with Gasteiger partial charge in [0.2, 0.25) is 0 Å². The summed E-state index contributed by atoms with van der Waals surface area (Å²) in [6.45, 7) is 5.20. The molecule has 2 aromatic carbocycles. The fourth-order valence-electron chi connectivity index (χ4n) is 4.43. The minimum Gasteiger partial charge on any atom is -0.497 e. The maximum Gasteiger partial charge on any atom is 0.338 e. The summed E-state index contributed by atoms with van der Waals surface area (Å²) >= 11 is 2.21. The zero-order valence-electron chi connectivity index (χ0n) is 23.0. The molecule has 214 valence electrons. The van der Waals surface area contributed by atoms with Crippen LogP contribution in [0.2, 0.25) is 0 Å². The summed E-state index contributed by atoms with van der Waals surface area (Å²) in [4.78, 5) is 52.2. The number of nitro benzene ring substituents is 1. The van der Waals surface area contributed by atoms with E-state index in [1.807, 2.05) is 6.07 Å². The number of aromatic nitrogens is 3. The summed E-state index contributed by atoms with van der Waals surface area (Å²) in [5.41, 5.74) is 1.24. The lowest BCUT2D eigenvalue weighted by Crippen LogP contribution is -2.40. The van der Waals surface area contributed by atoms with Crippen LogP contribution >= 0.6 is 23.1 Å². The predicted molar refractivity (Wildman–Crippen MR) is 157 cm³/mol. The van der Waals surface area contributed by atoms with E-state index in [1.165, 1.54) is 17.7 Å². The van der Waals surface area contributed by atoms with Crippen LogP contribution in [0.15, 0.2) is 92.0 Å². The van der Waals surface area contributed by atoms with Gasteiger partial charge in [-0.1, -0.05) is 29.5 Å². The minimum absolute atomic E-state index is 0.141. The molecule has 1 atom stereocenters. The van der Waals surface area contributed by atoms with Gasteiger partial charge in [0.15, 0.2) is 9.96 Å². The van der Waals surface area contributed by atoms with Crippen LogP contribution < -0.4 is 19.6 Å². The van der Waals surface area contributed by atoms with Gasteiger partial charge in [0.1, 0.15) is 5.75 Å². The van der Waals surface area contributed by atoms with E-state index >= 15 is 0 Å². The molecule has 42 heavy (non-hydrogen) atoms. The quantitative estimate of drug-likeness (QED) is 0.126. The number of hydrogen-bond acceptors (Lipinski definition) is 11. The molecule has 0 spiro atoms. The molecule has 4 aromatic rings. The Kier molecular flexibility index (Phi) is 8.31. The van der Waals surface area contributed by atoms with Gasteiger partial charge < -0.3 is 9.47 Å². The fraction of sp³-hybridized carbons (Fsp3) is 0.207. The summed E-state index contributed by atoms with van der Waals surface area (Å²) < 4.78 is 12.7. The zero-order valence-corrected chi connectivity index (χ0v) is 24.6. The lowest BCUT2D eigenvalue weighted by atomic mass is 9.95. The number of carbonyl (C=O) groups excluding carboxylic acids is 1. The van der Waals surface area contributed by atoms with Gasteiger partial charge in [0, 0.05) is 18.5 Å². The Morgan fingerprint density at radius 3 is 2.62 bits per heavy atom. The third-order valence-electron chi connectivity index (χ3n) is 6.21. The highest BCUT2D eigenvalue weighted by molar-refractivity contribution is 7.99. The third-order valence-corrected chi connectivity index (χ3v) is 8.16. The number of carbonyl (C=O) groups is 1. The first-order valence-electron chi connectivity index (χ1n) is 12.8. The number of benzene rings is 2. The molecular formula is C29H25N5O6S2. The van der Waals surface area contributed by atoms with Crippen LogP contribution in [-0.4, -0.2) is 38.6 Å². The second-order valence-corrected chi connectivity index (χ2v) is 11.4. The van der Waals surface area contributed by atoms with Crippen molar-refractivity contribution in [3.63, 3.8) is 0 Å². The summed E-state index contributed by atoms with van der Waals surface area (Å²) in [6.07, 6.45) is 4.32. The molecule has 0 amide bonds. The van der Waals surface area contributed by atoms with Crippen LogP contribution in [0.4, 0.5) is 5.69 Å². The van der Waals surface area contributed by atoms with Gasteiger partial charge in [-0.3, -0.25) is 19.5 Å². The lowest BCUT2D eigenvalue weighted by Gasteiger charge is -2.25. The number of nitro groups is 1. The average Bonchev–Trinajstić information content (AvgIpc) is 3.26. The first kappa shape index (κ1) is 28.9. The number of thiazole rings is 1. The van der Waals surface area contributed by atoms with Crippen LogP contribution in [0.1, 0.15) is 37.9 Å². The number of esters is 1. The molecule has 0 unspecified atom stereocenters. The number of methoxy groups -OCH3 is 1. The molecule has 0 radical (unpaired) electrons. The normalized spacial score (nSPS) is 14.9. The number of nitrogens with zero attached hydrogens (tertiary/aromatic N) is 5. The van der Waals surface area contributed by atoms with Gasteiger partial charge in [-0.2, -0.15) is 0 Å². The Labute approximate surface area is 248 Å². The Balaban J connectivity index is 1.63. The molecular weight excluding hydrogens is 578 g/mol. The van der Waals surface area contributed by atoms with Crippen molar-refractivity contribution in [2.24, 2.45) is 4.99 Å². The largest absolute Gasteiger partial charge is 0.497 e. The van der Waals surface area contributed by atoms with Gasteiger partial charge in [-0.15, -0.1) is 0 Å². The Bertz CT molecular complexity index is 1900. The van der Waals surface area contributed by atoms with Crippen LogP contribution in [0.5, 0.6) is 5.75 Å². The molecule has 0 bridgehead atoms. The van der Waals surface area contributed by atoms with E-state index in [2.05, 4.69) is 15.0 Å². The molecule has 5 rings (SSSR count). The van der Waals surface area contributed by atoms with Crippen molar-refractivity contribution in [2.45, 2.75) is 43.0 Å². The smallest absolute Gasteiger partial charge is 0.338 e. The first-order valence-corrected chi connectivity index (χ1v) is 14.4. The minimum atomic E-state index is -0.816. The van der Waals surface area contributed by atoms with Crippen LogP contribution in [-0.2, 0) is 9.53 Å². The highest BCUT2D eigenvalue weighted by Gasteiger charge is 2.34. The molecule has 0 aliphatic carbocycles. The van der Waals surface area contributed by atoms with Gasteiger partial charge in [-0.05, 0) is 74.0 Å². The molecule has 11 nitrogen and oxygen atoms in total. The Morgan fingerprint density at radius 2 is 1.93 bits per heavy atom. The number of rotatable bonds is 8. The zero-order chi connectivity index (χ0) is 30.0. The lowest BCUT2D eigenvalue weighted by molar-refractivity contribution is -0.387. The van der Waals surface area contributed by atoms with Crippen molar-refractivity contribution in [3.05, 3.63) is 113 Å². The number of allylic oxidation sites excluding steroid dienone is 1. The number of hydrogen-bond donors (Lipinski definition) is 0. The molecule has 3 heterocycles. The van der Waals surface area contributed by atoms with Gasteiger partial charge in [-0.25, -0.2) is 19.8 Å². The van der Waals surface area contributed by atoms with E-state index in [4.69, 9.17) is 9.47 Å². The maximum absolute atomic E-state index is 13.9. The molecule has 2 aromatic heterocycles. The van der Waals surface area contributed by atoms with E-state index in [1.54, 1.807) is 75.6 Å². The first-order chi connectivity index (χ1) is 20.2. The van der Waals surface area contributed by atoms with E-state index in [0.717, 1.165) is 23.1 Å². The van der Waals surface area contributed by atoms with Gasteiger partial charge >= 0.3 is 5.97 Å². The second-order valence-electron chi connectivity index (χ2n) is 9.43. The van der Waals surface area contributed by atoms with Crippen molar-refractivity contribution < 1.29 is 19.2 Å². The molecule has 0 fully saturated rings. The van der Waals surface area contributed by atoms with Crippen molar-refractivity contribution in [3.8, 4) is 5.75 Å². The predicted octanol–water partition coefficient (Wildman–Crippen LogP) is 4.04. The van der Waals surface area contributed by atoms with E-state index in [0.29, 0.717) is 42.0 Å². The molecule has 1 aliphatic heterocycles. The van der Waals surface area contributed by atoms with Crippen LogP contribution in [0.3, 0.4) is 0 Å². The topological polar surface area (TPSA) is 139 Å². The second kappa shape index (κ2) is 12.1. The van der Waals surface area contributed by atoms with Crippen molar-refractivity contribution >= 4 is 40.8 Å². The molecule has 1 aliphatic rings. The Hall–Kier alpha value is -4.62. The molecule has 0 saturated carbocycles. The van der Waals surface area contributed by atoms with E-state index in [-0.39, 0.29) is 17.4 Å². The summed E-state index contributed by atoms with van der Waals surface area (Å²) in [5, 5.41) is 12.3. The summed E-state index contributed by atoms with van der Waals surface area (Å²) in [6, 6.07) is 12.7. The van der Waals surface area contributed by atoms with Gasteiger partial charge in [0.05, 0.1) is 44.9 Å². The van der Waals surface area contributed by atoms with Crippen molar-refractivity contribution in [1.82, 2.24) is 14.5 Å². The molecule has 0 saturated heterocycles. The highest BCUT2D eigenvalue weighted by Crippen LogP contribution is 2.34. The van der Waals surface area contributed by atoms with Crippen LogP contribution in [0.25, 0.3) is 6.08 Å². The maximum atomic E-state index is 13.9. The fourth-order valence-corrected chi connectivity index (χ4v) is 6.27. The van der Waals surface area contributed by atoms with Crippen LogP contribution in [0, 0.1) is 10.1 Å². The standard InChI is InChI=1S/C29H25N5O6S2/c1-16(2)40-27(36)24-17(3)32-29-33(25(24)19-7-5-8-20(15-19)39-4)26(35)23(42-29)14-18-9-10-22(21(13-18)34(37)38)41-28-30-11-6-12-31-28/h5-16,25H,1-4H3/b23-14-/t25-/m1/s1. The van der Waals surface area contributed by atoms with E-state index < -0.39 is 22.5 Å². The van der Waals surface area contributed by atoms with Gasteiger partial charge in [0.25, 0.3) is 11.2 Å². The number of fused-ring (bicyclic) bond motifs is 1. The number of ether oxygens (including phenoxy) is 2. The molecule has 0 N–H and O–H groups in total. The average molecular weight is 604 g/mol. The summed E-state index contributed by atoms with van der Waals surface area (Å²) in [7, 11) is 1.54.